The standard InChI is InChI=1S/C20H21FN2O3S/c21-16-8-6-14(7-9-16)19-5-2-12-23(19)20(24)15-3-1-4-18(13-15)27(25,26)22-17-10-11-17/h1,3-4,6-9,13,17,19,22H,2,5,10-12H2. The zero-order chi connectivity index (χ0) is 19.0. The Morgan fingerprint density at radius 3 is 2.52 bits per heavy atom. The number of benzene rings is 2. The molecule has 1 atom stereocenters. The number of nitrogens with one attached hydrogen (secondary N) is 1. The van der Waals surface area contributed by atoms with E-state index in [0.29, 0.717) is 12.1 Å². The minimum Gasteiger partial charge on any atom is -0.332 e. The Bertz CT molecular complexity index is 955. The topological polar surface area (TPSA) is 66.5 Å². The van der Waals surface area contributed by atoms with Crippen LogP contribution in [0.15, 0.2) is 53.4 Å². The first-order chi connectivity index (χ1) is 12.9. The summed E-state index contributed by atoms with van der Waals surface area (Å²) in [4.78, 5) is 14.9. The molecule has 0 radical (unpaired) electrons. The fourth-order valence-corrected chi connectivity index (χ4v) is 4.84. The third kappa shape index (κ3) is 3.89. The molecule has 2 fully saturated rings. The summed E-state index contributed by atoms with van der Waals surface area (Å²) in [5.41, 5.74) is 1.24. The number of carbonyl (C=O) groups excluding carboxylic acids is 1. The quantitative estimate of drug-likeness (QED) is 0.855. The summed E-state index contributed by atoms with van der Waals surface area (Å²) in [7, 11) is -3.61. The number of sulfonamides is 1. The highest BCUT2D eigenvalue weighted by Crippen LogP contribution is 2.33. The second kappa shape index (κ2) is 7.05. The van der Waals surface area contributed by atoms with Crippen molar-refractivity contribution in [3.63, 3.8) is 0 Å². The molecule has 2 aromatic rings. The smallest absolute Gasteiger partial charge is 0.254 e. The van der Waals surface area contributed by atoms with Gasteiger partial charge in [0.05, 0.1) is 10.9 Å². The Hall–Kier alpha value is -2.25. The molecule has 27 heavy (non-hydrogen) atoms. The first kappa shape index (κ1) is 18.1. The number of halogens is 1. The molecule has 142 valence electrons. The molecular weight excluding hydrogens is 367 g/mol. The van der Waals surface area contributed by atoms with E-state index < -0.39 is 10.0 Å². The maximum Gasteiger partial charge on any atom is 0.254 e. The molecule has 1 saturated heterocycles. The first-order valence-electron chi connectivity index (χ1n) is 9.13. The molecule has 1 aliphatic heterocycles. The number of hydrogen-bond donors (Lipinski definition) is 1. The zero-order valence-corrected chi connectivity index (χ0v) is 15.6. The number of rotatable bonds is 5. The Morgan fingerprint density at radius 1 is 1.07 bits per heavy atom. The molecule has 1 N–H and O–H groups in total. The van der Waals surface area contributed by atoms with Crippen LogP contribution in [0.1, 0.15) is 47.6 Å². The van der Waals surface area contributed by atoms with Gasteiger partial charge in [0, 0.05) is 18.2 Å². The van der Waals surface area contributed by atoms with E-state index in [1.807, 2.05) is 0 Å². The van der Waals surface area contributed by atoms with Gasteiger partial charge in [0.15, 0.2) is 0 Å². The maximum absolute atomic E-state index is 13.2. The van der Waals surface area contributed by atoms with Gasteiger partial charge >= 0.3 is 0 Å². The SMILES string of the molecule is O=C(c1cccc(S(=O)(=O)NC2CC2)c1)N1CCCC1c1ccc(F)cc1. The van der Waals surface area contributed by atoms with Crippen molar-refractivity contribution in [2.24, 2.45) is 0 Å². The predicted octanol–water partition coefficient (Wildman–Crippen LogP) is 3.24. The van der Waals surface area contributed by atoms with E-state index in [0.717, 1.165) is 31.2 Å². The minimum absolute atomic E-state index is 0.01000. The van der Waals surface area contributed by atoms with Crippen LogP contribution in [0.4, 0.5) is 4.39 Å². The Labute approximate surface area is 158 Å². The Morgan fingerprint density at radius 2 is 1.81 bits per heavy atom. The number of carbonyl (C=O) groups is 1. The van der Waals surface area contributed by atoms with Crippen LogP contribution in [0.5, 0.6) is 0 Å². The molecule has 1 heterocycles. The van der Waals surface area contributed by atoms with Crippen molar-refractivity contribution in [1.29, 1.82) is 0 Å². The van der Waals surface area contributed by atoms with E-state index >= 15 is 0 Å². The molecule has 1 unspecified atom stereocenters. The van der Waals surface area contributed by atoms with Crippen molar-refractivity contribution in [3.8, 4) is 0 Å². The number of hydrogen-bond acceptors (Lipinski definition) is 3. The predicted molar refractivity (Wildman–Crippen MR) is 99.2 cm³/mol. The van der Waals surface area contributed by atoms with Crippen molar-refractivity contribution >= 4 is 15.9 Å². The van der Waals surface area contributed by atoms with Crippen LogP contribution in [-0.4, -0.2) is 31.8 Å². The van der Waals surface area contributed by atoms with Gasteiger partial charge in [-0.3, -0.25) is 4.79 Å². The average Bonchev–Trinajstić information content (AvgIpc) is 3.32. The molecule has 2 aliphatic rings. The van der Waals surface area contributed by atoms with Crippen molar-refractivity contribution in [2.75, 3.05) is 6.54 Å². The van der Waals surface area contributed by atoms with Gasteiger partial charge in [0.2, 0.25) is 10.0 Å². The molecule has 7 heteroatoms. The van der Waals surface area contributed by atoms with Crippen LogP contribution in [0, 0.1) is 5.82 Å². The number of likely N-dealkylation sites (tertiary alicyclic amines) is 1. The van der Waals surface area contributed by atoms with E-state index in [2.05, 4.69) is 4.72 Å². The Balaban J connectivity index is 1.58. The third-order valence-electron chi connectivity index (χ3n) is 5.06. The molecule has 4 rings (SSSR count). The van der Waals surface area contributed by atoms with Gasteiger partial charge in [0.1, 0.15) is 5.82 Å². The molecular formula is C20H21FN2O3S. The van der Waals surface area contributed by atoms with E-state index in [4.69, 9.17) is 0 Å². The zero-order valence-electron chi connectivity index (χ0n) is 14.8. The van der Waals surface area contributed by atoms with Gasteiger partial charge in [-0.25, -0.2) is 17.5 Å². The lowest BCUT2D eigenvalue weighted by atomic mass is 10.0. The van der Waals surface area contributed by atoms with E-state index in [-0.39, 0.29) is 28.7 Å². The van der Waals surface area contributed by atoms with Crippen molar-refractivity contribution in [2.45, 2.75) is 42.7 Å². The summed E-state index contributed by atoms with van der Waals surface area (Å²) < 4.78 is 40.7. The van der Waals surface area contributed by atoms with E-state index in [1.165, 1.54) is 24.3 Å². The highest BCUT2D eigenvalue weighted by atomic mass is 32.2. The molecule has 2 aromatic carbocycles. The fourth-order valence-electron chi connectivity index (χ4n) is 3.49. The Kier molecular flexibility index (Phi) is 4.74. The van der Waals surface area contributed by atoms with Crippen molar-refractivity contribution in [3.05, 3.63) is 65.5 Å². The van der Waals surface area contributed by atoms with Crippen LogP contribution in [0.25, 0.3) is 0 Å². The van der Waals surface area contributed by atoms with Gasteiger partial charge in [-0.05, 0) is 61.6 Å². The molecule has 0 spiro atoms. The fraction of sp³-hybridized carbons (Fsp3) is 0.350. The summed E-state index contributed by atoms with van der Waals surface area (Å²) in [6.07, 6.45) is 3.36. The summed E-state index contributed by atoms with van der Waals surface area (Å²) in [6.45, 7) is 0.595. The minimum atomic E-state index is -3.61. The molecule has 0 bridgehead atoms. The summed E-state index contributed by atoms with van der Waals surface area (Å²) in [5.74, 6) is -0.513. The van der Waals surface area contributed by atoms with Gasteiger partial charge in [-0.15, -0.1) is 0 Å². The maximum atomic E-state index is 13.2. The number of amides is 1. The second-order valence-electron chi connectivity index (χ2n) is 7.13. The third-order valence-corrected chi connectivity index (χ3v) is 6.58. The average molecular weight is 388 g/mol. The lowest BCUT2D eigenvalue weighted by Crippen LogP contribution is -2.31. The monoisotopic (exact) mass is 388 g/mol. The van der Waals surface area contributed by atoms with Crippen molar-refractivity contribution < 1.29 is 17.6 Å². The first-order valence-corrected chi connectivity index (χ1v) is 10.6. The van der Waals surface area contributed by atoms with Gasteiger partial charge in [0.25, 0.3) is 5.91 Å². The highest BCUT2D eigenvalue weighted by Gasteiger charge is 2.32. The van der Waals surface area contributed by atoms with Crippen molar-refractivity contribution in [1.82, 2.24) is 9.62 Å². The van der Waals surface area contributed by atoms with Gasteiger partial charge in [-0.1, -0.05) is 18.2 Å². The van der Waals surface area contributed by atoms with Gasteiger partial charge in [-0.2, -0.15) is 0 Å². The summed E-state index contributed by atoms with van der Waals surface area (Å²) >= 11 is 0. The van der Waals surface area contributed by atoms with Crippen LogP contribution in [0.3, 0.4) is 0 Å². The van der Waals surface area contributed by atoms with E-state index in [1.54, 1.807) is 29.2 Å². The molecule has 5 nitrogen and oxygen atoms in total. The normalized spacial score (nSPS) is 20.0. The second-order valence-corrected chi connectivity index (χ2v) is 8.85. The lowest BCUT2D eigenvalue weighted by Gasteiger charge is -2.25. The largest absolute Gasteiger partial charge is 0.332 e. The lowest BCUT2D eigenvalue weighted by molar-refractivity contribution is 0.0735. The molecule has 1 saturated carbocycles. The molecule has 1 aliphatic carbocycles. The van der Waals surface area contributed by atoms with Crippen LogP contribution in [0.2, 0.25) is 0 Å². The molecule has 1 amide bonds. The summed E-state index contributed by atoms with van der Waals surface area (Å²) in [6, 6.07) is 12.3. The summed E-state index contributed by atoms with van der Waals surface area (Å²) in [5, 5.41) is 0. The van der Waals surface area contributed by atoms with Crippen LogP contribution >= 0.6 is 0 Å². The number of nitrogens with zero attached hydrogens (tertiary/aromatic N) is 1. The van der Waals surface area contributed by atoms with Crippen LogP contribution in [-0.2, 0) is 10.0 Å². The van der Waals surface area contributed by atoms with Crippen LogP contribution < -0.4 is 4.72 Å². The van der Waals surface area contributed by atoms with E-state index in [9.17, 15) is 17.6 Å². The highest BCUT2D eigenvalue weighted by molar-refractivity contribution is 7.89. The van der Waals surface area contributed by atoms with Gasteiger partial charge < -0.3 is 4.90 Å². The molecule has 0 aromatic heterocycles.